The molecule has 0 radical (unpaired) electrons. The molecular weight excluding hydrogens is 300 g/mol. The average Bonchev–Trinajstić information content (AvgIpc) is 2.54. The molecule has 0 aliphatic carbocycles. The molecule has 0 atom stereocenters. The first-order valence-corrected chi connectivity index (χ1v) is 8.44. The molecule has 0 fully saturated rings. The topological polar surface area (TPSA) is 80.5 Å². The number of carbonyl (C=O) groups is 1. The van der Waals surface area contributed by atoms with Gasteiger partial charge in [-0.1, -0.05) is 18.2 Å². The molecule has 1 heterocycles. The minimum absolute atomic E-state index is 0.266. The summed E-state index contributed by atoms with van der Waals surface area (Å²) in [7, 11) is -3.59. The summed E-state index contributed by atoms with van der Waals surface area (Å²) in [6, 6.07) is 13.3. The van der Waals surface area contributed by atoms with Crippen molar-refractivity contribution in [2.24, 2.45) is 5.73 Å². The second-order valence-electron chi connectivity index (χ2n) is 5.20. The Morgan fingerprint density at radius 2 is 1.82 bits per heavy atom. The highest BCUT2D eigenvalue weighted by molar-refractivity contribution is 7.92. The minimum atomic E-state index is -3.59. The van der Waals surface area contributed by atoms with Crippen LogP contribution in [0.5, 0.6) is 0 Å². The van der Waals surface area contributed by atoms with Gasteiger partial charge in [-0.25, -0.2) is 8.42 Å². The average molecular weight is 316 g/mol. The fourth-order valence-electron chi connectivity index (χ4n) is 2.69. The zero-order chi connectivity index (χ0) is 15.7. The Bertz CT molecular complexity index is 817. The van der Waals surface area contributed by atoms with Crippen LogP contribution in [0.3, 0.4) is 0 Å². The van der Waals surface area contributed by atoms with Gasteiger partial charge in [0.25, 0.3) is 10.0 Å². The van der Waals surface area contributed by atoms with Gasteiger partial charge in [-0.15, -0.1) is 0 Å². The summed E-state index contributed by atoms with van der Waals surface area (Å²) in [6.07, 6.45) is 1.44. The maximum Gasteiger partial charge on any atom is 0.264 e. The van der Waals surface area contributed by atoms with Gasteiger partial charge in [0.15, 0.2) is 0 Å². The standard InChI is InChI=1S/C16H16N2O3S/c17-16(19)13-8-9-15-12(11-13)5-4-10-18(15)22(20,21)14-6-2-1-3-7-14/h1-3,6-9,11H,4-5,10H2,(H2,17,19). The quantitative estimate of drug-likeness (QED) is 0.939. The van der Waals surface area contributed by atoms with Crippen molar-refractivity contribution in [1.29, 1.82) is 0 Å². The highest BCUT2D eigenvalue weighted by atomic mass is 32.2. The molecule has 1 amide bonds. The molecule has 5 nitrogen and oxygen atoms in total. The highest BCUT2D eigenvalue weighted by Crippen LogP contribution is 2.32. The van der Waals surface area contributed by atoms with E-state index in [-0.39, 0.29) is 4.90 Å². The lowest BCUT2D eigenvalue weighted by Gasteiger charge is -2.30. The van der Waals surface area contributed by atoms with E-state index in [1.807, 2.05) is 0 Å². The molecule has 0 saturated carbocycles. The molecule has 0 spiro atoms. The van der Waals surface area contributed by atoms with Crippen LogP contribution in [0.25, 0.3) is 0 Å². The number of nitrogens with two attached hydrogens (primary N) is 1. The lowest BCUT2D eigenvalue weighted by molar-refractivity contribution is 0.1000. The predicted molar refractivity (Wildman–Crippen MR) is 84.3 cm³/mol. The van der Waals surface area contributed by atoms with Gasteiger partial charge < -0.3 is 5.73 Å². The number of primary amides is 1. The summed E-state index contributed by atoms with van der Waals surface area (Å²) in [5, 5.41) is 0. The van der Waals surface area contributed by atoms with Crippen LogP contribution in [0.1, 0.15) is 22.3 Å². The van der Waals surface area contributed by atoms with Gasteiger partial charge in [-0.3, -0.25) is 9.10 Å². The van der Waals surface area contributed by atoms with Crippen LogP contribution in [-0.2, 0) is 16.4 Å². The smallest absolute Gasteiger partial charge is 0.264 e. The van der Waals surface area contributed by atoms with Crippen molar-refractivity contribution in [3.63, 3.8) is 0 Å². The number of nitrogens with zero attached hydrogens (tertiary/aromatic N) is 1. The second-order valence-corrected chi connectivity index (χ2v) is 7.06. The van der Waals surface area contributed by atoms with Gasteiger partial charge in [0.05, 0.1) is 10.6 Å². The van der Waals surface area contributed by atoms with Crippen molar-refractivity contribution >= 4 is 21.6 Å². The molecule has 0 bridgehead atoms. The molecule has 1 aliphatic rings. The van der Waals surface area contributed by atoms with Crippen molar-refractivity contribution in [1.82, 2.24) is 0 Å². The zero-order valence-electron chi connectivity index (χ0n) is 11.9. The Balaban J connectivity index is 2.07. The molecule has 22 heavy (non-hydrogen) atoms. The lowest BCUT2D eigenvalue weighted by atomic mass is 10.0. The summed E-state index contributed by atoms with van der Waals surface area (Å²) in [5.74, 6) is -0.508. The van der Waals surface area contributed by atoms with Crippen LogP contribution in [0.15, 0.2) is 53.4 Å². The maximum absolute atomic E-state index is 12.8. The van der Waals surface area contributed by atoms with Gasteiger partial charge >= 0.3 is 0 Å². The lowest BCUT2D eigenvalue weighted by Crippen LogP contribution is -2.35. The van der Waals surface area contributed by atoms with Gasteiger partial charge in [0, 0.05) is 12.1 Å². The van der Waals surface area contributed by atoms with E-state index in [9.17, 15) is 13.2 Å². The molecule has 114 valence electrons. The first kappa shape index (κ1) is 14.6. The van der Waals surface area contributed by atoms with Crippen molar-refractivity contribution in [3.05, 3.63) is 59.7 Å². The first-order chi connectivity index (χ1) is 10.5. The van der Waals surface area contributed by atoms with E-state index >= 15 is 0 Å². The molecule has 6 heteroatoms. The number of amides is 1. The molecule has 3 rings (SSSR count). The number of fused-ring (bicyclic) bond motifs is 1. The third kappa shape index (κ3) is 2.46. The van der Waals surface area contributed by atoms with Gasteiger partial charge in [-0.2, -0.15) is 0 Å². The van der Waals surface area contributed by atoms with Crippen LogP contribution < -0.4 is 10.0 Å². The summed E-state index contributed by atoms with van der Waals surface area (Å²) in [4.78, 5) is 11.5. The summed E-state index contributed by atoms with van der Waals surface area (Å²) in [5.41, 5.74) is 7.15. The third-order valence-corrected chi connectivity index (χ3v) is 5.60. The third-order valence-electron chi connectivity index (χ3n) is 3.77. The van der Waals surface area contributed by atoms with E-state index in [1.54, 1.807) is 48.5 Å². The van der Waals surface area contributed by atoms with Crippen LogP contribution in [0, 0.1) is 0 Å². The van der Waals surface area contributed by atoms with E-state index in [4.69, 9.17) is 5.73 Å². The van der Waals surface area contributed by atoms with Gasteiger partial charge in [0.2, 0.25) is 5.91 Å². The molecule has 0 unspecified atom stereocenters. The van der Waals surface area contributed by atoms with Crippen LogP contribution in [0.2, 0.25) is 0 Å². The van der Waals surface area contributed by atoms with Crippen LogP contribution >= 0.6 is 0 Å². The summed E-state index contributed by atoms with van der Waals surface area (Å²) >= 11 is 0. The van der Waals surface area contributed by atoms with E-state index in [0.29, 0.717) is 24.2 Å². The number of carbonyl (C=O) groups excluding carboxylic acids is 1. The van der Waals surface area contributed by atoms with Crippen molar-refractivity contribution < 1.29 is 13.2 Å². The summed E-state index contributed by atoms with van der Waals surface area (Å²) in [6.45, 7) is 0.431. The molecule has 2 N–H and O–H groups in total. The Morgan fingerprint density at radius 1 is 1.09 bits per heavy atom. The van der Waals surface area contributed by atoms with E-state index < -0.39 is 15.9 Å². The second kappa shape index (κ2) is 5.46. The van der Waals surface area contributed by atoms with Crippen molar-refractivity contribution in [3.8, 4) is 0 Å². The number of anilines is 1. The van der Waals surface area contributed by atoms with Gasteiger partial charge in [-0.05, 0) is 48.7 Å². The fraction of sp³-hybridized carbons (Fsp3) is 0.188. The molecule has 0 aromatic heterocycles. The number of hydrogen-bond donors (Lipinski definition) is 1. The van der Waals surface area contributed by atoms with E-state index in [1.165, 1.54) is 4.31 Å². The van der Waals surface area contributed by atoms with E-state index in [2.05, 4.69) is 0 Å². The molecule has 0 saturated heterocycles. The van der Waals surface area contributed by atoms with E-state index in [0.717, 1.165) is 12.0 Å². The SMILES string of the molecule is NC(=O)c1ccc2c(c1)CCCN2S(=O)(=O)c1ccccc1. The van der Waals surface area contributed by atoms with Crippen LogP contribution in [0.4, 0.5) is 5.69 Å². The Labute approximate surface area is 129 Å². The Kier molecular flexibility index (Phi) is 3.62. The van der Waals surface area contributed by atoms with Crippen molar-refractivity contribution in [2.75, 3.05) is 10.8 Å². The zero-order valence-corrected chi connectivity index (χ0v) is 12.7. The minimum Gasteiger partial charge on any atom is -0.366 e. The monoisotopic (exact) mass is 316 g/mol. The fourth-order valence-corrected chi connectivity index (χ4v) is 4.25. The maximum atomic E-state index is 12.8. The normalized spacial score (nSPS) is 14.5. The Hall–Kier alpha value is -2.34. The molecule has 1 aliphatic heterocycles. The highest BCUT2D eigenvalue weighted by Gasteiger charge is 2.29. The number of rotatable bonds is 3. The summed E-state index contributed by atoms with van der Waals surface area (Å²) < 4.78 is 27.0. The van der Waals surface area contributed by atoms with Gasteiger partial charge in [0.1, 0.15) is 0 Å². The Morgan fingerprint density at radius 3 is 2.50 bits per heavy atom. The molecule has 2 aromatic carbocycles. The molecular formula is C16H16N2O3S. The largest absolute Gasteiger partial charge is 0.366 e. The first-order valence-electron chi connectivity index (χ1n) is 7.00. The van der Waals surface area contributed by atoms with Crippen molar-refractivity contribution in [2.45, 2.75) is 17.7 Å². The number of hydrogen-bond acceptors (Lipinski definition) is 3. The molecule has 2 aromatic rings. The number of aryl methyl sites for hydroxylation is 1. The number of sulfonamides is 1. The van der Waals surface area contributed by atoms with Crippen LogP contribution in [-0.4, -0.2) is 20.9 Å². The predicted octanol–water partition coefficient (Wildman–Crippen LogP) is 1.93. The number of benzene rings is 2.